The zero-order chi connectivity index (χ0) is 10.7. The number of benzene rings is 1. The number of rotatable bonds is 3. The molecule has 0 aromatic heterocycles. The van der Waals surface area contributed by atoms with Crippen molar-refractivity contribution in [3.05, 3.63) is 35.9 Å². The summed E-state index contributed by atoms with van der Waals surface area (Å²) in [7, 11) is 0. The van der Waals surface area contributed by atoms with Crippen molar-refractivity contribution in [1.29, 1.82) is 0 Å². The molecule has 2 heteroatoms. The maximum absolute atomic E-state index is 9.29. The van der Waals surface area contributed by atoms with Crippen LogP contribution in [0.3, 0.4) is 0 Å². The van der Waals surface area contributed by atoms with Crippen molar-refractivity contribution in [3.63, 3.8) is 0 Å². The van der Waals surface area contributed by atoms with Gasteiger partial charge >= 0.3 is 0 Å². The second-order valence-electron chi connectivity index (χ2n) is 4.42. The first-order chi connectivity index (χ1) is 7.31. The Morgan fingerprint density at radius 3 is 2.67 bits per heavy atom. The van der Waals surface area contributed by atoms with Crippen LogP contribution in [0, 0.1) is 0 Å². The molecule has 0 aliphatic carbocycles. The monoisotopic (exact) mass is 205 g/mol. The summed E-state index contributed by atoms with van der Waals surface area (Å²) in [5, 5.41) is 9.29. The van der Waals surface area contributed by atoms with Crippen LogP contribution in [-0.4, -0.2) is 28.7 Å². The van der Waals surface area contributed by atoms with Crippen molar-refractivity contribution in [2.75, 3.05) is 6.61 Å². The zero-order valence-electron chi connectivity index (χ0n) is 9.26. The van der Waals surface area contributed by atoms with Crippen molar-refractivity contribution >= 4 is 0 Å². The van der Waals surface area contributed by atoms with E-state index in [1.807, 2.05) is 6.07 Å². The van der Waals surface area contributed by atoms with E-state index in [0.29, 0.717) is 12.1 Å². The SMILES string of the molecule is CC1CCC(CO)N1Cc1ccccc1. The van der Waals surface area contributed by atoms with E-state index in [1.165, 1.54) is 12.0 Å². The normalized spacial score (nSPS) is 27.1. The first-order valence-electron chi connectivity index (χ1n) is 5.72. The van der Waals surface area contributed by atoms with Gasteiger partial charge in [0.2, 0.25) is 0 Å². The molecule has 2 unspecified atom stereocenters. The fourth-order valence-corrected chi connectivity index (χ4v) is 2.40. The topological polar surface area (TPSA) is 23.5 Å². The second-order valence-corrected chi connectivity index (χ2v) is 4.42. The molecule has 2 atom stereocenters. The van der Waals surface area contributed by atoms with Crippen LogP contribution in [0.2, 0.25) is 0 Å². The molecular formula is C13H19NO. The Morgan fingerprint density at radius 1 is 1.27 bits per heavy atom. The lowest BCUT2D eigenvalue weighted by molar-refractivity contribution is 0.128. The van der Waals surface area contributed by atoms with Crippen LogP contribution in [0.4, 0.5) is 0 Å². The number of nitrogens with zero attached hydrogens (tertiary/aromatic N) is 1. The van der Waals surface area contributed by atoms with Crippen LogP contribution in [0.5, 0.6) is 0 Å². The van der Waals surface area contributed by atoms with E-state index in [-0.39, 0.29) is 6.61 Å². The van der Waals surface area contributed by atoms with Gasteiger partial charge < -0.3 is 5.11 Å². The average Bonchev–Trinajstić information content (AvgIpc) is 2.62. The van der Waals surface area contributed by atoms with Gasteiger partial charge in [0.1, 0.15) is 0 Å². The van der Waals surface area contributed by atoms with E-state index in [4.69, 9.17) is 0 Å². The first kappa shape index (κ1) is 10.7. The average molecular weight is 205 g/mol. The predicted molar refractivity (Wildman–Crippen MR) is 61.6 cm³/mol. The molecule has 0 radical (unpaired) electrons. The summed E-state index contributed by atoms with van der Waals surface area (Å²) in [5.74, 6) is 0. The van der Waals surface area contributed by atoms with E-state index in [1.54, 1.807) is 0 Å². The molecule has 1 saturated heterocycles. The minimum absolute atomic E-state index is 0.289. The molecule has 2 rings (SSSR count). The second kappa shape index (κ2) is 4.77. The van der Waals surface area contributed by atoms with Gasteiger partial charge in [-0.3, -0.25) is 4.90 Å². The smallest absolute Gasteiger partial charge is 0.0587 e. The van der Waals surface area contributed by atoms with Crippen LogP contribution in [-0.2, 0) is 6.54 Å². The minimum atomic E-state index is 0.289. The van der Waals surface area contributed by atoms with Gasteiger partial charge in [-0.2, -0.15) is 0 Å². The lowest BCUT2D eigenvalue weighted by Gasteiger charge is -2.27. The maximum Gasteiger partial charge on any atom is 0.0587 e. The summed E-state index contributed by atoms with van der Waals surface area (Å²) in [5.41, 5.74) is 1.34. The molecule has 1 aromatic carbocycles. The van der Waals surface area contributed by atoms with Gasteiger partial charge in [-0.1, -0.05) is 30.3 Å². The Kier molecular flexibility index (Phi) is 3.39. The Bertz CT molecular complexity index is 299. The van der Waals surface area contributed by atoms with Crippen LogP contribution in [0.15, 0.2) is 30.3 Å². The van der Waals surface area contributed by atoms with E-state index in [9.17, 15) is 5.11 Å². The quantitative estimate of drug-likeness (QED) is 0.816. The van der Waals surface area contributed by atoms with Crippen molar-refractivity contribution in [2.24, 2.45) is 0 Å². The molecule has 82 valence electrons. The zero-order valence-corrected chi connectivity index (χ0v) is 9.26. The van der Waals surface area contributed by atoms with Gasteiger partial charge in [-0.25, -0.2) is 0 Å². The molecule has 1 fully saturated rings. The Labute approximate surface area is 91.5 Å². The molecule has 2 nitrogen and oxygen atoms in total. The highest BCUT2D eigenvalue weighted by molar-refractivity contribution is 5.15. The third kappa shape index (κ3) is 2.39. The number of likely N-dealkylation sites (tertiary alicyclic amines) is 1. The van der Waals surface area contributed by atoms with Gasteiger partial charge in [-0.05, 0) is 25.3 Å². The molecular weight excluding hydrogens is 186 g/mol. The molecule has 0 spiro atoms. The summed E-state index contributed by atoms with van der Waals surface area (Å²) in [4.78, 5) is 2.41. The molecule has 1 heterocycles. The minimum Gasteiger partial charge on any atom is -0.395 e. The molecule has 0 bridgehead atoms. The number of aliphatic hydroxyl groups is 1. The van der Waals surface area contributed by atoms with E-state index < -0.39 is 0 Å². The van der Waals surface area contributed by atoms with Crippen LogP contribution < -0.4 is 0 Å². The summed E-state index contributed by atoms with van der Waals surface area (Å²) >= 11 is 0. The summed E-state index contributed by atoms with van der Waals surface area (Å²) in [6.07, 6.45) is 2.34. The lowest BCUT2D eigenvalue weighted by Crippen LogP contribution is -2.36. The highest BCUT2D eigenvalue weighted by Gasteiger charge is 2.29. The molecule has 1 aromatic rings. The van der Waals surface area contributed by atoms with Gasteiger partial charge in [-0.15, -0.1) is 0 Å². The first-order valence-corrected chi connectivity index (χ1v) is 5.72. The van der Waals surface area contributed by atoms with Crippen LogP contribution >= 0.6 is 0 Å². The van der Waals surface area contributed by atoms with Crippen LogP contribution in [0.25, 0.3) is 0 Å². The molecule has 1 N–H and O–H groups in total. The van der Waals surface area contributed by atoms with Crippen LogP contribution in [0.1, 0.15) is 25.3 Å². The molecule has 0 saturated carbocycles. The number of aliphatic hydroxyl groups excluding tert-OH is 1. The Morgan fingerprint density at radius 2 is 2.00 bits per heavy atom. The van der Waals surface area contributed by atoms with Gasteiger partial charge in [0.25, 0.3) is 0 Å². The lowest BCUT2D eigenvalue weighted by atomic mass is 10.2. The van der Waals surface area contributed by atoms with E-state index in [0.717, 1.165) is 13.0 Å². The van der Waals surface area contributed by atoms with E-state index >= 15 is 0 Å². The molecule has 1 aliphatic heterocycles. The predicted octanol–water partition coefficient (Wildman–Crippen LogP) is 2.03. The fourth-order valence-electron chi connectivity index (χ4n) is 2.40. The summed E-state index contributed by atoms with van der Waals surface area (Å²) in [6.45, 7) is 3.50. The molecule has 15 heavy (non-hydrogen) atoms. The fraction of sp³-hybridized carbons (Fsp3) is 0.538. The highest BCUT2D eigenvalue weighted by Crippen LogP contribution is 2.25. The van der Waals surface area contributed by atoms with E-state index in [2.05, 4.69) is 36.1 Å². The maximum atomic E-state index is 9.29. The highest BCUT2D eigenvalue weighted by atomic mass is 16.3. The summed E-state index contributed by atoms with van der Waals surface area (Å²) in [6, 6.07) is 11.5. The third-order valence-electron chi connectivity index (χ3n) is 3.37. The van der Waals surface area contributed by atoms with Gasteiger partial charge in [0, 0.05) is 18.6 Å². The number of hydrogen-bond donors (Lipinski definition) is 1. The summed E-state index contributed by atoms with van der Waals surface area (Å²) < 4.78 is 0. The van der Waals surface area contributed by atoms with Crippen molar-refractivity contribution in [3.8, 4) is 0 Å². The molecule has 1 aliphatic rings. The number of hydrogen-bond acceptors (Lipinski definition) is 2. The van der Waals surface area contributed by atoms with Crippen molar-refractivity contribution in [2.45, 2.75) is 38.4 Å². The molecule has 0 amide bonds. The van der Waals surface area contributed by atoms with Gasteiger partial charge in [0.05, 0.1) is 6.61 Å². The third-order valence-corrected chi connectivity index (χ3v) is 3.37. The standard InChI is InChI=1S/C13H19NO/c1-11-7-8-13(10-15)14(11)9-12-5-3-2-4-6-12/h2-6,11,13,15H,7-10H2,1H3. The van der Waals surface area contributed by atoms with Crippen molar-refractivity contribution in [1.82, 2.24) is 4.90 Å². The van der Waals surface area contributed by atoms with Gasteiger partial charge in [0.15, 0.2) is 0 Å². The Balaban J connectivity index is 2.04. The Hall–Kier alpha value is -0.860. The van der Waals surface area contributed by atoms with Crippen molar-refractivity contribution < 1.29 is 5.11 Å². The largest absolute Gasteiger partial charge is 0.395 e.